The van der Waals surface area contributed by atoms with Crippen molar-refractivity contribution in [2.45, 2.75) is 0 Å². The second-order valence-electron chi connectivity index (χ2n) is 11.2. The summed E-state index contributed by atoms with van der Waals surface area (Å²) in [5.74, 6) is 0. The van der Waals surface area contributed by atoms with E-state index >= 15 is 0 Å². The Hall–Kier alpha value is -5.35. The third kappa shape index (κ3) is 8.47. The summed E-state index contributed by atoms with van der Waals surface area (Å²) < 4.78 is 8.88. The van der Waals surface area contributed by atoms with Gasteiger partial charge in [0.1, 0.15) is 0 Å². The van der Waals surface area contributed by atoms with Crippen LogP contribution in [0.25, 0.3) is 64.6 Å². The highest BCUT2D eigenvalue weighted by atomic mass is 31.2. The maximum Gasteiger partial charge on any atom is 0.466 e. The van der Waals surface area contributed by atoms with Crippen molar-refractivity contribution in [3.63, 3.8) is 0 Å². The zero-order valence-electron chi connectivity index (χ0n) is 25.5. The van der Waals surface area contributed by atoms with Crippen LogP contribution in [0.15, 0.2) is 182 Å². The van der Waals surface area contributed by atoms with Gasteiger partial charge in [0.25, 0.3) is 0 Å². The molecule has 0 radical (unpaired) electrons. The average molecular weight is 633 g/mol. The maximum absolute atomic E-state index is 8.88. The molecular formula is C42H33O4P. The van der Waals surface area contributed by atoms with Crippen LogP contribution < -0.4 is 0 Å². The molecule has 0 fully saturated rings. The standard InChI is InChI=1S/3C14H10.H3O4P/c3*1-2-6-12-10-14-8-4-3-7-13(14)9-11(12)5-1;1-5(2,3)4/h3*1-10H;(H3,1,2,3,4). The van der Waals surface area contributed by atoms with Gasteiger partial charge < -0.3 is 14.7 Å². The van der Waals surface area contributed by atoms with E-state index in [1.165, 1.54) is 64.6 Å². The SMILES string of the molecule is O=P(O)(O)O.c1ccc2cc3ccccc3cc2c1.c1ccc2cc3ccccc3cc2c1.c1ccc2cc3ccccc3cc2c1. The molecule has 47 heavy (non-hydrogen) atoms. The number of hydrogen-bond acceptors (Lipinski definition) is 1. The highest BCUT2D eigenvalue weighted by Crippen LogP contribution is 2.26. The summed E-state index contributed by atoms with van der Waals surface area (Å²) in [6, 6.07) is 64.3. The van der Waals surface area contributed by atoms with E-state index in [9.17, 15) is 0 Å². The monoisotopic (exact) mass is 632 g/mol. The lowest BCUT2D eigenvalue weighted by molar-refractivity contribution is 0.275. The molecule has 0 atom stereocenters. The summed E-state index contributed by atoms with van der Waals surface area (Å²) in [5.41, 5.74) is 0. The molecule has 0 saturated heterocycles. The normalized spacial score (nSPS) is 11.0. The smallest absolute Gasteiger partial charge is 0.303 e. The van der Waals surface area contributed by atoms with Gasteiger partial charge in [0, 0.05) is 0 Å². The molecule has 0 bridgehead atoms. The lowest BCUT2D eigenvalue weighted by Gasteiger charge is -2.00. The molecule has 0 aliphatic heterocycles. The van der Waals surface area contributed by atoms with Gasteiger partial charge in [-0.25, -0.2) is 4.57 Å². The lowest BCUT2D eigenvalue weighted by atomic mass is 10.0. The van der Waals surface area contributed by atoms with Gasteiger partial charge in [0.05, 0.1) is 0 Å². The number of hydrogen-bond donors (Lipinski definition) is 3. The summed E-state index contributed by atoms with van der Waals surface area (Å²) >= 11 is 0. The molecule has 0 spiro atoms. The molecular weight excluding hydrogens is 599 g/mol. The molecule has 0 heterocycles. The molecule has 5 heteroatoms. The van der Waals surface area contributed by atoms with E-state index in [0.29, 0.717) is 0 Å². The van der Waals surface area contributed by atoms with Crippen molar-refractivity contribution in [2.24, 2.45) is 0 Å². The quantitative estimate of drug-likeness (QED) is 0.115. The summed E-state index contributed by atoms with van der Waals surface area (Å²) in [6.07, 6.45) is 0. The Morgan fingerprint density at radius 3 is 0.426 bits per heavy atom. The Balaban J connectivity index is 0.000000115. The molecule has 9 rings (SSSR count). The Bertz CT molecular complexity index is 1910. The predicted molar refractivity (Wildman–Crippen MR) is 199 cm³/mol. The first-order valence-electron chi connectivity index (χ1n) is 15.2. The lowest BCUT2D eigenvalue weighted by Crippen LogP contribution is -1.74. The highest BCUT2D eigenvalue weighted by Gasteiger charge is 2.00. The fourth-order valence-corrected chi connectivity index (χ4v) is 5.65. The van der Waals surface area contributed by atoms with Crippen molar-refractivity contribution < 1.29 is 19.2 Å². The van der Waals surface area contributed by atoms with Gasteiger partial charge in [-0.1, -0.05) is 146 Å². The van der Waals surface area contributed by atoms with Crippen molar-refractivity contribution in [1.82, 2.24) is 0 Å². The Morgan fingerprint density at radius 1 is 0.255 bits per heavy atom. The second kappa shape index (κ2) is 14.4. The third-order valence-electron chi connectivity index (χ3n) is 7.84. The molecule has 0 aromatic heterocycles. The van der Waals surface area contributed by atoms with Crippen LogP contribution in [0.4, 0.5) is 0 Å². The molecule has 230 valence electrons. The van der Waals surface area contributed by atoms with Gasteiger partial charge >= 0.3 is 7.82 Å². The molecule has 4 nitrogen and oxygen atoms in total. The van der Waals surface area contributed by atoms with Crippen LogP contribution in [0.5, 0.6) is 0 Å². The largest absolute Gasteiger partial charge is 0.466 e. The molecule has 9 aromatic rings. The molecule has 0 unspecified atom stereocenters. The average Bonchev–Trinajstić information content (AvgIpc) is 3.08. The van der Waals surface area contributed by atoms with Crippen LogP contribution in [-0.4, -0.2) is 14.7 Å². The van der Waals surface area contributed by atoms with Crippen LogP contribution in [-0.2, 0) is 4.57 Å². The van der Waals surface area contributed by atoms with Gasteiger partial charge in [-0.15, -0.1) is 0 Å². The van der Waals surface area contributed by atoms with Crippen LogP contribution in [0.2, 0.25) is 0 Å². The zero-order chi connectivity index (χ0) is 32.6. The molecule has 9 aromatic carbocycles. The Morgan fingerprint density at radius 2 is 0.340 bits per heavy atom. The van der Waals surface area contributed by atoms with Crippen molar-refractivity contribution in [3.05, 3.63) is 182 Å². The highest BCUT2D eigenvalue weighted by molar-refractivity contribution is 7.45. The number of rotatable bonds is 0. The number of fused-ring (bicyclic) bond motifs is 6. The third-order valence-corrected chi connectivity index (χ3v) is 7.84. The fourth-order valence-electron chi connectivity index (χ4n) is 5.65. The van der Waals surface area contributed by atoms with Gasteiger partial charge in [-0.05, 0) is 101 Å². The van der Waals surface area contributed by atoms with Crippen molar-refractivity contribution in [1.29, 1.82) is 0 Å². The van der Waals surface area contributed by atoms with Crippen LogP contribution >= 0.6 is 7.82 Å². The second-order valence-corrected chi connectivity index (χ2v) is 12.2. The van der Waals surface area contributed by atoms with E-state index in [0.717, 1.165) is 0 Å². The topological polar surface area (TPSA) is 77.8 Å². The fraction of sp³-hybridized carbons (Fsp3) is 0. The van der Waals surface area contributed by atoms with Gasteiger partial charge in [-0.2, -0.15) is 0 Å². The van der Waals surface area contributed by atoms with Crippen LogP contribution in [0.1, 0.15) is 0 Å². The predicted octanol–water partition coefficient (Wildman–Crippen LogP) is 11.1. The van der Waals surface area contributed by atoms with Gasteiger partial charge in [0.2, 0.25) is 0 Å². The van der Waals surface area contributed by atoms with Gasteiger partial charge in [0.15, 0.2) is 0 Å². The zero-order valence-corrected chi connectivity index (χ0v) is 26.4. The minimum absolute atomic E-state index is 1.31. The van der Waals surface area contributed by atoms with Crippen LogP contribution in [0, 0.1) is 0 Å². The van der Waals surface area contributed by atoms with E-state index in [4.69, 9.17) is 19.2 Å². The van der Waals surface area contributed by atoms with Crippen molar-refractivity contribution >= 4 is 72.5 Å². The van der Waals surface area contributed by atoms with E-state index < -0.39 is 7.82 Å². The molecule has 0 aliphatic rings. The minimum atomic E-state index is -4.64. The van der Waals surface area contributed by atoms with E-state index in [1.54, 1.807) is 0 Å². The summed E-state index contributed by atoms with van der Waals surface area (Å²) in [4.78, 5) is 21.6. The van der Waals surface area contributed by atoms with Gasteiger partial charge in [-0.3, -0.25) is 0 Å². The molecule has 0 amide bonds. The molecule has 3 N–H and O–H groups in total. The van der Waals surface area contributed by atoms with E-state index in [2.05, 4.69) is 182 Å². The summed E-state index contributed by atoms with van der Waals surface area (Å²) in [6.45, 7) is 0. The first-order chi connectivity index (χ1) is 22.8. The number of phosphoric acid groups is 1. The van der Waals surface area contributed by atoms with Crippen molar-refractivity contribution in [3.8, 4) is 0 Å². The molecule has 0 aliphatic carbocycles. The molecule has 0 saturated carbocycles. The summed E-state index contributed by atoms with van der Waals surface area (Å²) in [5, 5.41) is 15.7. The maximum atomic E-state index is 8.88. The van der Waals surface area contributed by atoms with E-state index in [1.807, 2.05) is 0 Å². The Labute approximate surface area is 273 Å². The number of benzene rings is 9. The minimum Gasteiger partial charge on any atom is -0.303 e. The van der Waals surface area contributed by atoms with E-state index in [-0.39, 0.29) is 0 Å². The Kier molecular flexibility index (Phi) is 9.68. The first-order valence-corrected chi connectivity index (χ1v) is 16.8. The van der Waals surface area contributed by atoms with Crippen molar-refractivity contribution in [2.75, 3.05) is 0 Å². The summed E-state index contributed by atoms with van der Waals surface area (Å²) in [7, 11) is -4.64. The first kappa shape index (κ1) is 31.6. The van der Waals surface area contributed by atoms with Crippen LogP contribution in [0.3, 0.4) is 0 Å².